The first-order valence-corrected chi connectivity index (χ1v) is 9.80. The standard InChI is InChI=1S/C24H21ClN4/c1-14-8-9-21-22(10-14)28-24(27-21)19(13-26)12-18-11-15(2)29(17(18)4)23-7-5-6-20(25)16(23)3/h5-12H,1-4H3,(H,27,28). The number of halogens is 1. The number of fused-ring (bicyclic) bond motifs is 1. The molecule has 2 aromatic carbocycles. The summed E-state index contributed by atoms with van der Waals surface area (Å²) in [6, 6.07) is 16.3. The molecule has 0 unspecified atom stereocenters. The summed E-state index contributed by atoms with van der Waals surface area (Å²) in [6.45, 7) is 8.16. The zero-order valence-electron chi connectivity index (χ0n) is 16.8. The van der Waals surface area contributed by atoms with E-state index in [0.717, 1.165) is 49.8 Å². The molecule has 0 aliphatic carbocycles. The Hall–Kier alpha value is -3.29. The van der Waals surface area contributed by atoms with E-state index in [9.17, 15) is 5.26 Å². The largest absolute Gasteiger partial charge is 0.337 e. The molecule has 0 saturated carbocycles. The Morgan fingerprint density at radius 3 is 2.69 bits per heavy atom. The minimum Gasteiger partial charge on any atom is -0.337 e. The SMILES string of the molecule is Cc1ccc2nc(C(C#N)=Cc3cc(C)n(-c4cccc(Cl)c4C)c3C)[nH]c2c1. The van der Waals surface area contributed by atoms with Crippen LogP contribution in [0.15, 0.2) is 42.5 Å². The number of nitrogens with zero attached hydrogens (tertiary/aromatic N) is 3. The highest BCUT2D eigenvalue weighted by Gasteiger charge is 2.14. The third-order valence-corrected chi connectivity index (χ3v) is 5.67. The predicted octanol–water partition coefficient (Wildman–Crippen LogP) is 6.30. The second-order valence-corrected chi connectivity index (χ2v) is 7.73. The monoisotopic (exact) mass is 400 g/mol. The predicted molar refractivity (Wildman–Crippen MR) is 119 cm³/mol. The average Bonchev–Trinajstić information content (AvgIpc) is 3.22. The number of hydrogen-bond acceptors (Lipinski definition) is 2. The van der Waals surface area contributed by atoms with Crippen molar-refractivity contribution >= 4 is 34.3 Å². The fourth-order valence-corrected chi connectivity index (χ4v) is 3.87. The molecular weight excluding hydrogens is 380 g/mol. The second kappa shape index (κ2) is 7.27. The van der Waals surface area contributed by atoms with Crippen molar-refractivity contribution in [2.24, 2.45) is 0 Å². The molecule has 2 heterocycles. The summed E-state index contributed by atoms with van der Waals surface area (Å²) >= 11 is 6.33. The highest BCUT2D eigenvalue weighted by Crippen LogP contribution is 2.29. The number of nitrogens with one attached hydrogen (secondary N) is 1. The molecule has 0 spiro atoms. The third-order valence-electron chi connectivity index (χ3n) is 5.26. The van der Waals surface area contributed by atoms with Crippen molar-refractivity contribution in [3.63, 3.8) is 0 Å². The van der Waals surface area contributed by atoms with E-state index in [-0.39, 0.29) is 0 Å². The van der Waals surface area contributed by atoms with Gasteiger partial charge in [0.15, 0.2) is 0 Å². The van der Waals surface area contributed by atoms with E-state index in [0.29, 0.717) is 11.4 Å². The molecule has 0 radical (unpaired) electrons. The molecule has 1 N–H and O–H groups in total. The lowest BCUT2D eigenvalue weighted by Crippen LogP contribution is -2.01. The van der Waals surface area contributed by atoms with Crippen LogP contribution in [0.1, 0.15) is 33.9 Å². The van der Waals surface area contributed by atoms with Crippen molar-refractivity contribution in [2.45, 2.75) is 27.7 Å². The first kappa shape index (κ1) is 19.0. The van der Waals surface area contributed by atoms with Crippen molar-refractivity contribution in [2.75, 3.05) is 0 Å². The lowest BCUT2D eigenvalue weighted by Gasteiger charge is -2.13. The van der Waals surface area contributed by atoms with Gasteiger partial charge >= 0.3 is 0 Å². The van der Waals surface area contributed by atoms with Crippen molar-refractivity contribution < 1.29 is 0 Å². The van der Waals surface area contributed by atoms with E-state index in [4.69, 9.17) is 11.6 Å². The van der Waals surface area contributed by atoms with Crippen LogP contribution in [0.4, 0.5) is 0 Å². The van der Waals surface area contributed by atoms with E-state index >= 15 is 0 Å². The van der Waals surface area contributed by atoms with Crippen molar-refractivity contribution in [3.05, 3.63) is 81.4 Å². The summed E-state index contributed by atoms with van der Waals surface area (Å²) in [5.41, 5.74) is 8.62. The van der Waals surface area contributed by atoms with E-state index < -0.39 is 0 Å². The fourth-order valence-electron chi connectivity index (χ4n) is 3.70. The Balaban J connectivity index is 1.82. The molecule has 5 heteroatoms. The van der Waals surface area contributed by atoms with Crippen LogP contribution < -0.4 is 0 Å². The van der Waals surface area contributed by atoms with E-state index in [2.05, 4.69) is 46.6 Å². The lowest BCUT2D eigenvalue weighted by atomic mass is 10.1. The van der Waals surface area contributed by atoms with Gasteiger partial charge in [-0.05, 0) is 80.8 Å². The van der Waals surface area contributed by atoms with Gasteiger partial charge in [0.25, 0.3) is 0 Å². The maximum atomic E-state index is 9.78. The topological polar surface area (TPSA) is 57.4 Å². The molecule has 0 fully saturated rings. The number of allylic oxidation sites excluding steroid dienone is 1. The summed E-state index contributed by atoms with van der Waals surface area (Å²) < 4.78 is 2.17. The Bertz CT molecular complexity index is 1310. The van der Waals surface area contributed by atoms with Crippen LogP contribution >= 0.6 is 11.6 Å². The Kier molecular flexibility index (Phi) is 4.77. The average molecular weight is 401 g/mol. The fraction of sp³-hybridized carbons (Fsp3) is 0.167. The summed E-state index contributed by atoms with van der Waals surface area (Å²) in [5, 5.41) is 10.5. The van der Waals surface area contributed by atoms with Gasteiger partial charge in [0, 0.05) is 22.1 Å². The molecular formula is C24H21ClN4. The second-order valence-electron chi connectivity index (χ2n) is 7.32. The molecule has 0 aliphatic rings. The highest BCUT2D eigenvalue weighted by molar-refractivity contribution is 6.31. The molecule has 144 valence electrons. The number of benzene rings is 2. The highest BCUT2D eigenvalue weighted by atomic mass is 35.5. The molecule has 0 atom stereocenters. The molecule has 4 aromatic rings. The van der Waals surface area contributed by atoms with Gasteiger partial charge in [-0.1, -0.05) is 23.7 Å². The quantitative estimate of drug-likeness (QED) is 0.410. The minimum atomic E-state index is 0.502. The third kappa shape index (κ3) is 3.35. The van der Waals surface area contributed by atoms with Gasteiger partial charge < -0.3 is 9.55 Å². The van der Waals surface area contributed by atoms with Gasteiger partial charge in [-0.25, -0.2) is 4.98 Å². The zero-order chi connectivity index (χ0) is 20.7. The number of rotatable bonds is 3. The summed E-state index contributed by atoms with van der Waals surface area (Å²) in [7, 11) is 0. The lowest BCUT2D eigenvalue weighted by molar-refractivity contribution is 0.954. The molecule has 4 rings (SSSR count). The number of aryl methyl sites for hydroxylation is 2. The summed E-state index contributed by atoms with van der Waals surface area (Å²) in [5.74, 6) is 0.580. The van der Waals surface area contributed by atoms with Gasteiger partial charge in [-0.3, -0.25) is 0 Å². The Morgan fingerprint density at radius 2 is 1.93 bits per heavy atom. The van der Waals surface area contributed by atoms with E-state index in [1.54, 1.807) is 0 Å². The number of nitriles is 1. The van der Waals surface area contributed by atoms with Crippen LogP contribution in [0.25, 0.3) is 28.4 Å². The van der Waals surface area contributed by atoms with Gasteiger partial charge in [0.05, 0.1) is 16.6 Å². The van der Waals surface area contributed by atoms with E-state index in [1.807, 2.05) is 50.3 Å². The molecule has 2 aromatic heterocycles. The Morgan fingerprint density at radius 1 is 1.14 bits per heavy atom. The van der Waals surface area contributed by atoms with E-state index in [1.165, 1.54) is 0 Å². The molecule has 0 amide bonds. The van der Waals surface area contributed by atoms with Gasteiger partial charge in [0.2, 0.25) is 0 Å². The van der Waals surface area contributed by atoms with Crippen LogP contribution in [0, 0.1) is 39.0 Å². The van der Waals surface area contributed by atoms with Gasteiger partial charge in [-0.15, -0.1) is 0 Å². The van der Waals surface area contributed by atoms with Crippen LogP contribution in [0.3, 0.4) is 0 Å². The van der Waals surface area contributed by atoms with Crippen molar-refractivity contribution in [1.82, 2.24) is 14.5 Å². The molecule has 0 aliphatic heterocycles. The molecule has 0 saturated heterocycles. The minimum absolute atomic E-state index is 0.502. The number of aromatic nitrogens is 3. The number of H-pyrrole nitrogens is 1. The first-order chi connectivity index (χ1) is 13.9. The van der Waals surface area contributed by atoms with Gasteiger partial charge in [-0.2, -0.15) is 5.26 Å². The van der Waals surface area contributed by atoms with Crippen LogP contribution in [-0.2, 0) is 0 Å². The van der Waals surface area contributed by atoms with Crippen LogP contribution in [0.2, 0.25) is 5.02 Å². The zero-order valence-corrected chi connectivity index (χ0v) is 17.6. The molecule has 29 heavy (non-hydrogen) atoms. The maximum Gasteiger partial charge on any atom is 0.149 e. The Labute approximate surface area is 175 Å². The summed E-state index contributed by atoms with van der Waals surface area (Å²) in [6.07, 6.45) is 1.89. The number of hydrogen-bond donors (Lipinski definition) is 1. The number of imidazole rings is 1. The molecule has 4 nitrogen and oxygen atoms in total. The van der Waals surface area contributed by atoms with Crippen LogP contribution in [0.5, 0.6) is 0 Å². The van der Waals surface area contributed by atoms with Gasteiger partial charge in [0.1, 0.15) is 11.9 Å². The van der Waals surface area contributed by atoms with Crippen molar-refractivity contribution in [1.29, 1.82) is 5.26 Å². The first-order valence-electron chi connectivity index (χ1n) is 9.42. The summed E-state index contributed by atoms with van der Waals surface area (Å²) in [4.78, 5) is 7.86. The normalized spacial score (nSPS) is 11.8. The number of aromatic amines is 1. The van der Waals surface area contributed by atoms with Crippen LogP contribution in [-0.4, -0.2) is 14.5 Å². The molecule has 0 bridgehead atoms. The van der Waals surface area contributed by atoms with Crippen molar-refractivity contribution in [3.8, 4) is 11.8 Å². The maximum absolute atomic E-state index is 9.78. The smallest absolute Gasteiger partial charge is 0.149 e.